The number of carbonyl (C=O) groups is 1. The highest BCUT2D eigenvalue weighted by Gasteiger charge is 2.25. The van der Waals surface area contributed by atoms with Gasteiger partial charge in [-0.2, -0.15) is 5.10 Å². The van der Waals surface area contributed by atoms with Crippen molar-refractivity contribution in [1.82, 2.24) is 19.5 Å². The molecular formula is C22H26FN5O. The Morgan fingerprint density at radius 1 is 1.24 bits per heavy atom. The van der Waals surface area contributed by atoms with Crippen LogP contribution in [0.4, 0.5) is 10.1 Å². The van der Waals surface area contributed by atoms with Gasteiger partial charge >= 0.3 is 0 Å². The third kappa shape index (κ3) is 3.69. The van der Waals surface area contributed by atoms with Gasteiger partial charge in [-0.1, -0.05) is 19.8 Å². The molecule has 1 fully saturated rings. The third-order valence-electron chi connectivity index (χ3n) is 5.66. The average molecular weight is 395 g/mol. The maximum atomic E-state index is 14.3. The molecule has 29 heavy (non-hydrogen) atoms. The van der Waals surface area contributed by atoms with Gasteiger partial charge in [-0.15, -0.1) is 0 Å². The number of carbonyl (C=O) groups excluding carboxylic acids is 1. The Morgan fingerprint density at radius 3 is 2.86 bits per heavy atom. The lowest BCUT2D eigenvalue weighted by Crippen LogP contribution is -2.38. The first-order valence-electron chi connectivity index (χ1n) is 10.2. The second kappa shape index (κ2) is 7.81. The molecule has 1 aliphatic heterocycles. The number of rotatable bonds is 3. The maximum absolute atomic E-state index is 14.3. The third-order valence-corrected chi connectivity index (χ3v) is 5.66. The molecule has 0 spiro atoms. The molecule has 2 N–H and O–H groups in total. The molecule has 3 heterocycles. The van der Waals surface area contributed by atoms with Crippen LogP contribution < -0.4 is 5.73 Å². The van der Waals surface area contributed by atoms with E-state index < -0.39 is 5.82 Å². The monoisotopic (exact) mass is 395 g/mol. The fraction of sp³-hybridized carbons (Fsp3) is 0.409. The standard InChI is InChI=1S/C22H26FN5O/c1-3-16-12-20(22(29)27-10-6-4-5-7-14(27)2)25-21-13-19(26-28(16)21)17-11-15(24)8-9-18(17)23/h8-9,11-14H,3-7,10,24H2,1-2H3. The topological polar surface area (TPSA) is 76.5 Å². The van der Waals surface area contributed by atoms with Gasteiger partial charge in [-0.25, -0.2) is 13.9 Å². The van der Waals surface area contributed by atoms with Gasteiger partial charge in [0.15, 0.2) is 5.65 Å². The van der Waals surface area contributed by atoms with E-state index in [1.807, 2.05) is 11.8 Å². The highest BCUT2D eigenvalue weighted by molar-refractivity contribution is 5.93. The number of nitrogen functional groups attached to an aromatic ring is 1. The lowest BCUT2D eigenvalue weighted by Gasteiger charge is -2.27. The quantitative estimate of drug-likeness (QED) is 0.678. The van der Waals surface area contributed by atoms with Crippen LogP contribution >= 0.6 is 0 Å². The molecule has 1 unspecified atom stereocenters. The minimum absolute atomic E-state index is 0.0468. The summed E-state index contributed by atoms with van der Waals surface area (Å²) in [6.45, 7) is 4.86. The van der Waals surface area contributed by atoms with Crippen molar-refractivity contribution in [3.63, 3.8) is 0 Å². The molecule has 1 aromatic carbocycles. The summed E-state index contributed by atoms with van der Waals surface area (Å²) in [5, 5.41) is 4.53. The minimum Gasteiger partial charge on any atom is -0.399 e. The maximum Gasteiger partial charge on any atom is 0.272 e. The summed E-state index contributed by atoms with van der Waals surface area (Å²) in [5.74, 6) is -0.440. The van der Waals surface area contributed by atoms with Crippen molar-refractivity contribution >= 4 is 17.2 Å². The van der Waals surface area contributed by atoms with Crippen LogP contribution in [-0.4, -0.2) is 38.0 Å². The van der Waals surface area contributed by atoms with Crippen LogP contribution in [0.3, 0.4) is 0 Å². The molecular weight excluding hydrogens is 369 g/mol. The second-order valence-corrected chi connectivity index (χ2v) is 7.72. The van der Waals surface area contributed by atoms with E-state index in [0.29, 0.717) is 34.7 Å². The predicted octanol–water partition coefficient (Wildman–Crippen LogP) is 4.08. The first-order valence-corrected chi connectivity index (χ1v) is 10.2. The molecule has 0 aliphatic carbocycles. The number of aryl methyl sites for hydroxylation is 1. The molecule has 152 valence electrons. The Morgan fingerprint density at radius 2 is 2.07 bits per heavy atom. The van der Waals surface area contributed by atoms with Gasteiger partial charge in [-0.05, 0) is 50.5 Å². The first kappa shape index (κ1) is 19.4. The van der Waals surface area contributed by atoms with Crippen LogP contribution in [0.15, 0.2) is 30.3 Å². The van der Waals surface area contributed by atoms with Crippen molar-refractivity contribution in [2.45, 2.75) is 52.0 Å². The Hall–Kier alpha value is -2.96. The lowest BCUT2D eigenvalue weighted by atomic mass is 10.1. The molecule has 0 saturated carbocycles. The summed E-state index contributed by atoms with van der Waals surface area (Å²) >= 11 is 0. The van der Waals surface area contributed by atoms with Crippen molar-refractivity contribution in [3.05, 3.63) is 47.5 Å². The van der Waals surface area contributed by atoms with Gasteiger partial charge in [0, 0.05) is 35.6 Å². The van der Waals surface area contributed by atoms with E-state index in [1.165, 1.54) is 12.1 Å². The summed E-state index contributed by atoms with van der Waals surface area (Å²) in [6, 6.07) is 8.13. The average Bonchev–Trinajstić information content (AvgIpc) is 3.03. The number of benzene rings is 1. The van der Waals surface area contributed by atoms with Crippen LogP contribution in [0.25, 0.3) is 16.9 Å². The second-order valence-electron chi connectivity index (χ2n) is 7.72. The Bertz CT molecular complexity index is 1060. The normalized spacial score (nSPS) is 17.5. The number of nitrogens with two attached hydrogens (primary N) is 1. The van der Waals surface area contributed by atoms with E-state index in [0.717, 1.165) is 37.9 Å². The molecule has 6 nitrogen and oxygen atoms in total. The van der Waals surface area contributed by atoms with Crippen molar-refractivity contribution < 1.29 is 9.18 Å². The highest BCUT2D eigenvalue weighted by Crippen LogP contribution is 2.26. The fourth-order valence-corrected chi connectivity index (χ4v) is 3.99. The van der Waals surface area contributed by atoms with Gasteiger partial charge in [0.2, 0.25) is 0 Å². The van der Waals surface area contributed by atoms with Gasteiger partial charge in [0.05, 0.1) is 5.69 Å². The molecule has 0 bridgehead atoms. The summed E-state index contributed by atoms with van der Waals surface area (Å²) in [7, 11) is 0. The number of hydrogen-bond acceptors (Lipinski definition) is 4. The molecule has 0 radical (unpaired) electrons. The molecule has 4 rings (SSSR count). The SMILES string of the molecule is CCc1cc(C(=O)N2CCCCCC2C)nc2cc(-c3cc(N)ccc3F)nn12. The number of likely N-dealkylation sites (tertiary alicyclic amines) is 1. The lowest BCUT2D eigenvalue weighted by molar-refractivity contribution is 0.0692. The van der Waals surface area contributed by atoms with Crippen molar-refractivity contribution in [2.24, 2.45) is 0 Å². The largest absolute Gasteiger partial charge is 0.399 e. The Kier molecular flexibility index (Phi) is 5.22. The predicted molar refractivity (Wildman–Crippen MR) is 111 cm³/mol. The number of amides is 1. The summed E-state index contributed by atoms with van der Waals surface area (Å²) in [4.78, 5) is 19.7. The van der Waals surface area contributed by atoms with Gasteiger partial charge < -0.3 is 10.6 Å². The van der Waals surface area contributed by atoms with Crippen molar-refractivity contribution in [2.75, 3.05) is 12.3 Å². The minimum atomic E-state index is -0.393. The van der Waals surface area contributed by atoms with Crippen molar-refractivity contribution in [3.8, 4) is 11.3 Å². The van der Waals surface area contributed by atoms with Crippen LogP contribution in [0.1, 0.15) is 55.7 Å². The van der Waals surface area contributed by atoms with E-state index in [2.05, 4.69) is 17.0 Å². The zero-order valence-electron chi connectivity index (χ0n) is 16.9. The zero-order chi connectivity index (χ0) is 20.5. The highest BCUT2D eigenvalue weighted by atomic mass is 19.1. The van der Waals surface area contributed by atoms with E-state index >= 15 is 0 Å². The number of anilines is 1. The number of fused-ring (bicyclic) bond motifs is 1. The Labute approximate surface area is 169 Å². The van der Waals surface area contributed by atoms with Crippen molar-refractivity contribution in [1.29, 1.82) is 0 Å². The molecule has 1 aliphatic rings. The smallest absolute Gasteiger partial charge is 0.272 e. The van der Waals surface area contributed by atoms with E-state index in [4.69, 9.17) is 5.73 Å². The number of halogens is 1. The van der Waals surface area contributed by atoms with Gasteiger partial charge in [0.25, 0.3) is 5.91 Å². The number of aromatic nitrogens is 3. The molecule has 1 saturated heterocycles. The zero-order valence-corrected chi connectivity index (χ0v) is 16.9. The van der Waals surface area contributed by atoms with Gasteiger partial charge in [-0.3, -0.25) is 4.79 Å². The van der Waals surface area contributed by atoms with Crippen LogP contribution in [-0.2, 0) is 6.42 Å². The van der Waals surface area contributed by atoms with Crippen LogP contribution in [0.2, 0.25) is 0 Å². The number of nitrogens with zero attached hydrogens (tertiary/aromatic N) is 4. The fourth-order valence-electron chi connectivity index (χ4n) is 3.99. The van der Waals surface area contributed by atoms with E-state index in [-0.39, 0.29) is 11.9 Å². The first-order chi connectivity index (χ1) is 14.0. The van der Waals surface area contributed by atoms with E-state index in [1.54, 1.807) is 22.7 Å². The summed E-state index contributed by atoms with van der Waals surface area (Å²) in [6.07, 6.45) is 5.01. The molecule has 7 heteroatoms. The summed E-state index contributed by atoms with van der Waals surface area (Å²) < 4.78 is 16.0. The molecule has 1 amide bonds. The van der Waals surface area contributed by atoms with E-state index in [9.17, 15) is 9.18 Å². The van der Waals surface area contributed by atoms with Crippen LogP contribution in [0, 0.1) is 5.82 Å². The summed E-state index contributed by atoms with van der Waals surface area (Å²) in [5.41, 5.74) is 8.87. The molecule has 1 atom stereocenters. The Balaban J connectivity index is 1.77. The molecule has 2 aromatic heterocycles. The number of hydrogen-bond donors (Lipinski definition) is 1. The van der Waals surface area contributed by atoms with Gasteiger partial charge in [0.1, 0.15) is 11.5 Å². The molecule has 3 aromatic rings. The van der Waals surface area contributed by atoms with Crippen LogP contribution in [0.5, 0.6) is 0 Å².